The van der Waals surface area contributed by atoms with Crippen molar-refractivity contribution in [3.05, 3.63) is 30.1 Å². The maximum atomic E-state index is 12.2. The molecule has 0 radical (unpaired) electrons. The van der Waals surface area contributed by atoms with Gasteiger partial charge in [-0.05, 0) is 41.3 Å². The molecule has 2 heterocycles. The van der Waals surface area contributed by atoms with Crippen molar-refractivity contribution in [2.45, 2.75) is 38.0 Å². The zero-order valence-electron chi connectivity index (χ0n) is 12.5. The molecular formula is C14H19N7O2. The molecule has 1 fully saturated rings. The van der Waals surface area contributed by atoms with E-state index in [1.165, 1.54) is 4.68 Å². The van der Waals surface area contributed by atoms with Gasteiger partial charge in [0.1, 0.15) is 6.54 Å². The number of hydrogen-bond acceptors (Lipinski definition) is 7. The first-order chi connectivity index (χ1) is 11.1. The van der Waals surface area contributed by atoms with E-state index in [0.717, 1.165) is 5.69 Å². The Morgan fingerprint density at radius 2 is 2.30 bits per heavy atom. The number of amides is 1. The third-order valence-corrected chi connectivity index (χ3v) is 4.07. The van der Waals surface area contributed by atoms with Crippen LogP contribution < -0.4 is 11.1 Å². The highest BCUT2D eigenvalue weighted by molar-refractivity contribution is 5.76. The number of pyridine rings is 1. The van der Waals surface area contributed by atoms with Gasteiger partial charge >= 0.3 is 0 Å². The summed E-state index contributed by atoms with van der Waals surface area (Å²) in [6.07, 6.45) is 3.44. The minimum atomic E-state index is -0.279. The number of carbonyl (C=O) groups is 1. The minimum Gasteiger partial charge on any atom is -0.393 e. The van der Waals surface area contributed by atoms with Crippen molar-refractivity contribution in [3.63, 3.8) is 0 Å². The van der Waals surface area contributed by atoms with Crippen LogP contribution in [0.15, 0.2) is 24.4 Å². The van der Waals surface area contributed by atoms with Crippen LogP contribution in [0.25, 0.3) is 0 Å². The Morgan fingerprint density at radius 3 is 2.91 bits per heavy atom. The summed E-state index contributed by atoms with van der Waals surface area (Å²) in [6, 6.07) is 5.61. The first-order valence-electron chi connectivity index (χ1n) is 7.51. The van der Waals surface area contributed by atoms with Crippen LogP contribution in [-0.4, -0.2) is 48.4 Å². The summed E-state index contributed by atoms with van der Waals surface area (Å²) < 4.78 is 1.24. The van der Waals surface area contributed by atoms with Gasteiger partial charge in [-0.15, -0.1) is 0 Å². The molecule has 1 unspecified atom stereocenters. The van der Waals surface area contributed by atoms with Crippen LogP contribution in [0.2, 0.25) is 0 Å². The molecule has 0 bridgehead atoms. The fourth-order valence-corrected chi connectivity index (χ4v) is 2.75. The molecule has 2 aromatic heterocycles. The SMILES string of the molecule is Nc1nnnn1CC(=O)NC(Cc1ccccn1)C1CC(O)C1. The van der Waals surface area contributed by atoms with Gasteiger partial charge in [0.2, 0.25) is 11.9 Å². The molecule has 3 rings (SSSR count). The molecule has 0 aliphatic heterocycles. The van der Waals surface area contributed by atoms with E-state index >= 15 is 0 Å². The van der Waals surface area contributed by atoms with Gasteiger partial charge < -0.3 is 16.2 Å². The third-order valence-electron chi connectivity index (χ3n) is 4.07. The molecule has 1 atom stereocenters. The number of rotatable bonds is 6. The number of nitrogen functional groups attached to an aromatic ring is 1. The van der Waals surface area contributed by atoms with Crippen molar-refractivity contribution in [3.8, 4) is 0 Å². The van der Waals surface area contributed by atoms with Crippen molar-refractivity contribution in [2.75, 3.05) is 5.73 Å². The lowest BCUT2D eigenvalue weighted by molar-refractivity contribution is -0.123. The average Bonchev–Trinajstić information content (AvgIpc) is 2.89. The van der Waals surface area contributed by atoms with E-state index in [1.54, 1.807) is 6.20 Å². The van der Waals surface area contributed by atoms with Gasteiger partial charge in [0.25, 0.3) is 0 Å². The quantitative estimate of drug-likeness (QED) is 0.632. The van der Waals surface area contributed by atoms with Gasteiger partial charge in [-0.25, -0.2) is 4.68 Å². The lowest BCUT2D eigenvalue weighted by Gasteiger charge is -2.38. The van der Waals surface area contributed by atoms with Crippen molar-refractivity contribution >= 4 is 11.9 Å². The van der Waals surface area contributed by atoms with E-state index in [9.17, 15) is 9.90 Å². The summed E-state index contributed by atoms with van der Waals surface area (Å²) in [5, 5.41) is 23.1. The minimum absolute atomic E-state index is 0.0349. The summed E-state index contributed by atoms with van der Waals surface area (Å²) in [7, 11) is 0. The van der Waals surface area contributed by atoms with Crippen molar-refractivity contribution in [2.24, 2.45) is 5.92 Å². The number of hydrogen-bond donors (Lipinski definition) is 3. The van der Waals surface area contributed by atoms with Crippen LogP contribution in [0.4, 0.5) is 5.95 Å². The van der Waals surface area contributed by atoms with Gasteiger partial charge in [-0.3, -0.25) is 9.78 Å². The third kappa shape index (κ3) is 3.81. The number of nitrogens with zero attached hydrogens (tertiary/aromatic N) is 5. The molecule has 9 nitrogen and oxygen atoms in total. The number of nitrogens with one attached hydrogen (secondary N) is 1. The number of aromatic nitrogens is 5. The molecule has 4 N–H and O–H groups in total. The predicted octanol–water partition coefficient (Wildman–Crippen LogP) is -0.851. The van der Waals surface area contributed by atoms with E-state index in [1.807, 2.05) is 18.2 Å². The summed E-state index contributed by atoms with van der Waals surface area (Å²) in [6.45, 7) is -0.0349. The smallest absolute Gasteiger partial charge is 0.242 e. The molecular weight excluding hydrogens is 298 g/mol. The number of nitrogens with two attached hydrogens (primary N) is 1. The largest absolute Gasteiger partial charge is 0.393 e. The van der Waals surface area contributed by atoms with Gasteiger partial charge in [-0.1, -0.05) is 11.2 Å². The highest BCUT2D eigenvalue weighted by Gasteiger charge is 2.35. The molecule has 1 aliphatic rings. The Bertz CT molecular complexity index is 654. The van der Waals surface area contributed by atoms with E-state index in [0.29, 0.717) is 19.3 Å². The number of anilines is 1. The molecule has 1 saturated carbocycles. The molecule has 1 aliphatic carbocycles. The predicted molar refractivity (Wildman–Crippen MR) is 80.8 cm³/mol. The lowest BCUT2D eigenvalue weighted by atomic mass is 9.76. The lowest BCUT2D eigenvalue weighted by Crippen LogP contribution is -2.49. The maximum Gasteiger partial charge on any atom is 0.242 e. The first kappa shape index (κ1) is 15.3. The van der Waals surface area contributed by atoms with Crippen LogP contribution in [0.5, 0.6) is 0 Å². The zero-order chi connectivity index (χ0) is 16.2. The summed E-state index contributed by atoms with van der Waals surface area (Å²) >= 11 is 0. The average molecular weight is 317 g/mol. The second-order valence-electron chi connectivity index (χ2n) is 5.78. The number of aliphatic hydroxyl groups is 1. The molecule has 0 aromatic carbocycles. The second-order valence-corrected chi connectivity index (χ2v) is 5.78. The Labute approximate surface area is 132 Å². The second kappa shape index (κ2) is 6.69. The van der Waals surface area contributed by atoms with Crippen LogP contribution in [-0.2, 0) is 17.8 Å². The Kier molecular flexibility index (Phi) is 4.47. The van der Waals surface area contributed by atoms with Crippen molar-refractivity contribution in [1.29, 1.82) is 0 Å². The summed E-state index contributed by atoms with van der Waals surface area (Å²) in [4.78, 5) is 16.5. The summed E-state index contributed by atoms with van der Waals surface area (Å²) in [5.74, 6) is 0.119. The van der Waals surface area contributed by atoms with Gasteiger partial charge in [0.05, 0.1) is 6.10 Å². The number of aliphatic hydroxyl groups excluding tert-OH is 1. The van der Waals surface area contributed by atoms with E-state index in [2.05, 4.69) is 25.8 Å². The standard InChI is InChI=1S/C14H19N7O2/c15-14-18-19-20-21(14)8-13(23)17-12(9-5-11(22)6-9)7-10-3-1-2-4-16-10/h1-4,9,11-12,22H,5-8H2,(H,17,23)(H2,15,18,20). The van der Waals surface area contributed by atoms with Gasteiger partial charge in [0, 0.05) is 24.4 Å². The molecule has 9 heteroatoms. The van der Waals surface area contributed by atoms with Crippen LogP contribution >= 0.6 is 0 Å². The summed E-state index contributed by atoms with van der Waals surface area (Å²) in [5.41, 5.74) is 6.47. The van der Waals surface area contributed by atoms with Crippen LogP contribution in [0, 0.1) is 5.92 Å². The van der Waals surface area contributed by atoms with Crippen molar-refractivity contribution < 1.29 is 9.90 Å². The Balaban J connectivity index is 1.63. The van der Waals surface area contributed by atoms with E-state index in [4.69, 9.17) is 5.73 Å². The first-order valence-corrected chi connectivity index (χ1v) is 7.51. The maximum absolute atomic E-state index is 12.2. The van der Waals surface area contributed by atoms with Crippen molar-refractivity contribution in [1.82, 2.24) is 30.5 Å². The highest BCUT2D eigenvalue weighted by Crippen LogP contribution is 2.31. The fraction of sp³-hybridized carbons (Fsp3) is 0.500. The molecule has 23 heavy (non-hydrogen) atoms. The molecule has 1 amide bonds. The number of tetrazole rings is 1. The Morgan fingerprint density at radius 1 is 1.48 bits per heavy atom. The molecule has 2 aromatic rings. The monoisotopic (exact) mass is 317 g/mol. The highest BCUT2D eigenvalue weighted by atomic mass is 16.3. The van der Waals surface area contributed by atoms with E-state index in [-0.39, 0.29) is 36.5 Å². The van der Waals surface area contributed by atoms with Gasteiger partial charge in [-0.2, -0.15) is 0 Å². The van der Waals surface area contributed by atoms with Crippen LogP contribution in [0.1, 0.15) is 18.5 Å². The van der Waals surface area contributed by atoms with Gasteiger partial charge in [0.15, 0.2) is 0 Å². The zero-order valence-corrected chi connectivity index (χ0v) is 12.5. The molecule has 122 valence electrons. The van der Waals surface area contributed by atoms with E-state index < -0.39 is 0 Å². The van der Waals surface area contributed by atoms with Crippen LogP contribution in [0.3, 0.4) is 0 Å². The Hall–Kier alpha value is -2.55. The fourth-order valence-electron chi connectivity index (χ4n) is 2.75. The topological polar surface area (TPSA) is 132 Å². The molecule has 0 saturated heterocycles. The molecule has 0 spiro atoms. The normalized spacial score (nSPS) is 21.4. The number of carbonyl (C=O) groups excluding carboxylic acids is 1.